The number of carboxylic acid groups (broad SMARTS) is 1. The molecule has 2 aliphatic rings. The van der Waals surface area contributed by atoms with Crippen LogP contribution in [0.1, 0.15) is 31.4 Å². The SMILES string of the molecule is CCS(=O)(=O)Nc1cccc(C(N)C(=O)NC2CC3CC(=O)N3C(C(=O)O)=C2Cl)c1. The van der Waals surface area contributed by atoms with Crippen molar-refractivity contribution in [1.29, 1.82) is 0 Å². The lowest BCUT2D eigenvalue weighted by Crippen LogP contribution is -2.59. The molecule has 0 saturated carbocycles. The van der Waals surface area contributed by atoms with E-state index in [1.54, 1.807) is 12.1 Å². The fraction of sp³-hybridized carbons (Fsp3) is 0.389. The molecule has 3 unspecified atom stereocenters. The third-order valence-corrected chi connectivity index (χ3v) is 6.77. The smallest absolute Gasteiger partial charge is 0.353 e. The normalized spacial score (nSPS) is 22.1. The van der Waals surface area contributed by atoms with Gasteiger partial charge < -0.3 is 21.1 Å². The van der Waals surface area contributed by atoms with Crippen LogP contribution in [0.4, 0.5) is 5.69 Å². The van der Waals surface area contributed by atoms with Gasteiger partial charge in [0.2, 0.25) is 21.8 Å². The molecule has 10 nitrogen and oxygen atoms in total. The predicted octanol–water partition coefficient (Wildman–Crippen LogP) is 0.472. The van der Waals surface area contributed by atoms with Gasteiger partial charge in [-0.2, -0.15) is 0 Å². The summed E-state index contributed by atoms with van der Waals surface area (Å²) < 4.78 is 25.9. The molecule has 3 rings (SSSR count). The molecule has 162 valence electrons. The van der Waals surface area contributed by atoms with Gasteiger partial charge in [0.1, 0.15) is 11.7 Å². The first-order chi connectivity index (χ1) is 14.0. The van der Waals surface area contributed by atoms with Crippen LogP contribution in [0.5, 0.6) is 0 Å². The Morgan fingerprint density at radius 1 is 1.40 bits per heavy atom. The number of aliphatic carboxylic acids is 1. The van der Waals surface area contributed by atoms with Gasteiger partial charge in [-0.1, -0.05) is 23.7 Å². The van der Waals surface area contributed by atoms with E-state index in [0.29, 0.717) is 5.56 Å². The number of halogens is 1. The highest BCUT2D eigenvalue weighted by Gasteiger charge is 2.48. The summed E-state index contributed by atoms with van der Waals surface area (Å²) in [5.74, 6) is -2.40. The molecule has 0 aromatic heterocycles. The molecule has 0 bridgehead atoms. The summed E-state index contributed by atoms with van der Waals surface area (Å²) in [6.45, 7) is 1.50. The zero-order valence-electron chi connectivity index (χ0n) is 16.0. The number of benzene rings is 1. The van der Waals surface area contributed by atoms with Gasteiger partial charge in [-0.15, -0.1) is 0 Å². The van der Waals surface area contributed by atoms with Gasteiger partial charge in [-0.05, 0) is 31.0 Å². The average Bonchev–Trinajstić information content (AvgIpc) is 2.68. The van der Waals surface area contributed by atoms with Crippen molar-refractivity contribution < 1.29 is 27.9 Å². The third-order valence-electron chi connectivity index (χ3n) is 5.03. The maximum atomic E-state index is 12.7. The number of hydrogen-bond donors (Lipinski definition) is 4. The fourth-order valence-electron chi connectivity index (χ4n) is 3.42. The third kappa shape index (κ3) is 4.27. The second kappa shape index (κ2) is 8.25. The molecule has 1 saturated heterocycles. The fourth-order valence-corrected chi connectivity index (χ4v) is 4.37. The van der Waals surface area contributed by atoms with Gasteiger partial charge in [0, 0.05) is 18.2 Å². The number of sulfonamides is 1. The standard InChI is InChI=1S/C18H21ClN4O6S/c1-2-30(28,29)22-10-5-3-4-9(6-10)15(20)17(25)21-12-7-11-8-13(24)23(11)16(14(12)19)18(26)27/h3-6,11-12,15,22H,2,7-8,20H2,1H3,(H,21,25)(H,26,27). The van der Waals surface area contributed by atoms with Gasteiger partial charge in [-0.3, -0.25) is 14.3 Å². The number of β-lactam (4-membered cyclic amide) rings is 1. The molecule has 3 atom stereocenters. The number of nitrogens with zero attached hydrogens (tertiary/aromatic N) is 1. The topological polar surface area (TPSA) is 159 Å². The summed E-state index contributed by atoms with van der Waals surface area (Å²) in [6.07, 6.45) is 0.454. The van der Waals surface area contributed by atoms with Crippen molar-refractivity contribution >= 4 is 45.1 Å². The van der Waals surface area contributed by atoms with Gasteiger partial charge in [0.15, 0.2) is 0 Å². The monoisotopic (exact) mass is 456 g/mol. The second-order valence-electron chi connectivity index (χ2n) is 7.03. The minimum atomic E-state index is -3.49. The molecule has 12 heteroatoms. The van der Waals surface area contributed by atoms with E-state index in [1.807, 2.05) is 0 Å². The number of fused-ring (bicyclic) bond motifs is 1. The highest BCUT2D eigenvalue weighted by Crippen LogP contribution is 2.38. The van der Waals surface area contributed by atoms with Crippen LogP contribution in [0.2, 0.25) is 0 Å². The van der Waals surface area contributed by atoms with Crippen LogP contribution in [0, 0.1) is 0 Å². The minimum absolute atomic E-state index is 0.108. The number of hydrogen-bond acceptors (Lipinski definition) is 6. The number of rotatable bonds is 7. The van der Waals surface area contributed by atoms with Gasteiger partial charge in [0.25, 0.3) is 0 Å². The molecule has 2 amide bonds. The largest absolute Gasteiger partial charge is 0.477 e. The molecule has 1 aromatic rings. The predicted molar refractivity (Wildman–Crippen MR) is 109 cm³/mol. The van der Waals surface area contributed by atoms with Crippen molar-refractivity contribution in [3.63, 3.8) is 0 Å². The molecule has 2 aliphatic heterocycles. The van der Waals surface area contributed by atoms with Crippen molar-refractivity contribution in [3.05, 3.63) is 40.6 Å². The average molecular weight is 457 g/mol. The van der Waals surface area contributed by atoms with E-state index >= 15 is 0 Å². The van der Waals surface area contributed by atoms with E-state index in [9.17, 15) is 27.9 Å². The minimum Gasteiger partial charge on any atom is -0.477 e. The first-order valence-electron chi connectivity index (χ1n) is 9.15. The Labute approximate surface area is 178 Å². The maximum Gasteiger partial charge on any atom is 0.353 e. The number of amides is 2. The lowest BCUT2D eigenvalue weighted by atomic mass is 9.88. The van der Waals surface area contributed by atoms with Crippen LogP contribution in [0.25, 0.3) is 0 Å². The zero-order valence-corrected chi connectivity index (χ0v) is 17.5. The number of carboxylic acids is 1. The van der Waals surface area contributed by atoms with Crippen LogP contribution in [-0.2, 0) is 24.4 Å². The van der Waals surface area contributed by atoms with Crippen LogP contribution in [0.3, 0.4) is 0 Å². The number of nitrogens with two attached hydrogens (primary N) is 1. The van der Waals surface area contributed by atoms with Crippen molar-refractivity contribution in [2.45, 2.75) is 37.9 Å². The number of carbonyl (C=O) groups excluding carboxylic acids is 2. The molecule has 0 aliphatic carbocycles. The molecule has 0 spiro atoms. The van der Waals surface area contributed by atoms with Gasteiger partial charge in [-0.25, -0.2) is 13.2 Å². The van der Waals surface area contributed by atoms with Crippen molar-refractivity contribution in [1.82, 2.24) is 10.2 Å². The molecular formula is C18H21ClN4O6S. The van der Waals surface area contributed by atoms with Crippen LogP contribution < -0.4 is 15.8 Å². The Balaban J connectivity index is 1.77. The van der Waals surface area contributed by atoms with E-state index in [1.165, 1.54) is 19.1 Å². The molecule has 30 heavy (non-hydrogen) atoms. The summed E-state index contributed by atoms with van der Waals surface area (Å²) in [5, 5.41) is 11.9. The number of carbonyl (C=O) groups is 3. The number of nitrogens with one attached hydrogen (secondary N) is 2. The van der Waals surface area contributed by atoms with E-state index in [2.05, 4.69) is 10.0 Å². The van der Waals surface area contributed by atoms with Crippen molar-refractivity contribution in [3.8, 4) is 0 Å². The highest BCUT2D eigenvalue weighted by molar-refractivity contribution is 7.92. The first kappa shape index (κ1) is 22.1. The van der Waals surface area contributed by atoms with Crippen molar-refractivity contribution in [2.75, 3.05) is 10.5 Å². The Hall–Kier alpha value is -2.63. The molecule has 1 fully saturated rings. The Morgan fingerprint density at radius 2 is 2.10 bits per heavy atom. The van der Waals surface area contributed by atoms with E-state index < -0.39 is 34.0 Å². The molecular weight excluding hydrogens is 436 g/mol. The lowest BCUT2D eigenvalue weighted by molar-refractivity contribution is -0.150. The van der Waals surface area contributed by atoms with Crippen molar-refractivity contribution in [2.24, 2.45) is 5.73 Å². The Morgan fingerprint density at radius 3 is 2.70 bits per heavy atom. The Kier molecular flexibility index (Phi) is 6.06. The summed E-state index contributed by atoms with van der Waals surface area (Å²) in [5.41, 5.74) is 6.32. The molecule has 1 aromatic carbocycles. The highest BCUT2D eigenvalue weighted by atomic mass is 35.5. The van der Waals surface area contributed by atoms with Crippen LogP contribution in [0.15, 0.2) is 35.0 Å². The summed E-state index contributed by atoms with van der Waals surface area (Å²) >= 11 is 6.18. The Bertz CT molecular complexity index is 1040. The lowest BCUT2D eigenvalue weighted by Gasteiger charge is -2.46. The summed E-state index contributed by atoms with van der Waals surface area (Å²) in [6, 6.07) is 3.82. The maximum absolute atomic E-state index is 12.7. The quantitative estimate of drug-likeness (QED) is 0.434. The summed E-state index contributed by atoms with van der Waals surface area (Å²) in [7, 11) is -3.49. The van der Waals surface area contributed by atoms with Crippen LogP contribution >= 0.6 is 11.6 Å². The summed E-state index contributed by atoms with van der Waals surface area (Å²) in [4.78, 5) is 37.1. The number of anilines is 1. The second-order valence-corrected chi connectivity index (χ2v) is 9.45. The van der Waals surface area contributed by atoms with E-state index in [4.69, 9.17) is 17.3 Å². The molecule has 0 radical (unpaired) electrons. The van der Waals surface area contributed by atoms with Gasteiger partial charge >= 0.3 is 5.97 Å². The first-order valence-corrected chi connectivity index (χ1v) is 11.2. The molecule has 5 N–H and O–H groups in total. The van der Waals surface area contributed by atoms with Crippen LogP contribution in [-0.4, -0.2) is 54.0 Å². The molecule has 2 heterocycles. The van der Waals surface area contributed by atoms with E-state index in [-0.39, 0.29) is 47.0 Å². The van der Waals surface area contributed by atoms with Gasteiger partial charge in [0.05, 0.1) is 16.8 Å². The van der Waals surface area contributed by atoms with E-state index in [0.717, 1.165) is 4.90 Å². The zero-order chi connectivity index (χ0) is 22.2.